The van der Waals surface area contributed by atoms with E-state index in [0.29, 0.717) is 22.6 Å². The molecule has 0 saturated carbocycles. The van der Waals surface area contributed by atoms with Gasteiger partial charge in [-0.1, -0.05) is 12.1 Å². The highest BCUT2D eigenvalue weighted by molar-refractivity contribution is 5.88. The summed E-state index contributed by atoms with van der Waals surface area (Å²) in [4.78, 5) is 25.5. The van der Waals surface area contributed by atoms with Crippen LogP contribution >= 0.6 is 0 Å². The van der Waals surface area contributed by atoms with Gasteiger partial charge >= 0.3 is 5.97 Å². The lowest BCUT2D eigenvalue weighted by molar-refractivity contribution is -0.384. The molecule has 0 aliphatic rings. The molecule has 0 amide bonds. The average Bonchev–Trinajstić information content (AvgIpc) is 2.92. The van der Waals surface area contributed by atoms with Crippen LogP contribution in [0.4, 0.5) is 5.69 Å². The maximum atomic E-state index is 11.1. The molecule has 0 spiro atoms. The molecule has 2 aromatic heterocycles. The van der Waals surface area contributed by atoms with Crippen LogP contribution in [0.1, 0.15) is 16.1 Å². The summed E-state index contributed by atoms with van der Waals surface area (Å²) in [5.41, 5.74) is 1.99. The molecule has 22 heavy (non-hydrogen) atoms. The summed E-state index contributed by atoms with van der Waals surface area (Å²) in [6.45, 7) is 1.63. The first-order valence-corrected chi connectivity index (χ1v) is 6.31. The molecule has 2 heterocycles. The van der Waals surface area contributed by atoms with Gasteiger partial charge in [0.15, 0.2) is 5.65 Å². The van der Waals surface area contributed by atoms with Crippen LogP contribution in [0.15, 0.2) is 36.5 Å². The third-order valence-corrected chi connectivity index (χ3v) is 3.31. The highest BCUT2D eigenvalue weighted by atomic mass is 16.6. The number of non-ortho nitro benzene ring substituents is 1. The van der Waals surface area contributed by atoms with Gasteiger partial charge in [0, 0.05) is 30.0 Å². The Morgan fingerprint density at radius 3 is 2.82 bits per heavy atom. The second kappa shape index (κ2) is 4.92. The molecular weight excluding hydrogens is 288 g/mol. The predicted molar refractivity (Wildman–Crippen MR) is 76.8 cm³/mol. The van der Waals surface area contributed by atoms with Gasteiger partial charge in [-0.25, -0.2) is 14.3 Å². The quantitative estimate of drug-likeness (QED) is 0.586. The molecule has 0 fully saturated rings. The van der Waals surface area contributed by atoms with Crippen molar-refractivity contribution in [3.8, 4) is 11.3 Å². The minimum atomic E-state index is -1.08. The number of hydrogen-bond acceptors (Lipinski definition) is 5. The molecule has 110 valence electrons. The van der Waals surface area contributed by atoms with Gasteiger partial charge in [0.25, 0.3) is 5.69 Å². The fourth-order valence-electron chi connectivity index (χ4n) is 2.18. The zero-order valence-electron chi connectivity index (χ0n) is 11.4. The van der Waals surface area contributed by atoms with Crippen LogP contribution in [0.3, 0.4) is 0 Å². The monoisotopic (exact) mass is 298 g/mol. The average molecular weight is 298 g/mol. The van der Waals surface area contributed by atoms with Gasteiger partial charge < -0.3 is 5.11 Å². The van der Waals surface area contributed by atoms with Crippen LogP contribution < -0.4 is 0 Å². The number of carbonyl (C=O) groups is 1. The van der Waals surface area contributed by atoms with E-state index in [-0.39, 0.29) is 11.3 Å². The summed E-state index contributed by atoms with van der Waals surface area (Å²) in [7, 11) is 0. The number of nitro groups is 1. The molecule has 0 atom stereocenters. The van der Waals surface area contributed by atoms with Crippen molar-refractivity contribution < 1.29 is 14.8 Å². The van der Waals surface area contributed by atoms with Crippen molar-refractivity contribution in [2.24, 2.45) is 0 Å². The molecule has 0 saturated heterocycles. The number of hydrogen-bond donors (Lipinski definition) is 1. The molecule has 3 aromatic rings. The molecule has 8 nitrogen and oxygen atoms in total. The van der Waals surface area contributed by atoms with E-state index in [9.17, 15) is 14.9 Å². The SMILES string of the molecule is Cc1c(C(=O)O)cnc2cc(-c3cccc([N+](=O)[O-])c3)nn12. The number of fused-ring (bicyclic) bond motifs is 1. The number of benzene rings is 1. The number of aromatic nitrogens is 3. The van der Waals surface area contributed by atoms with Crippen LogP contribution in [-0.4, -0.2) is 30.6 Å². The molecular formula is C14H10N4O4. The standard InChI is InChI=1S/C14H10N4O4/c1-8-11(14(19)20)7-15-13-6-12(16-17(8)13)9-3-2-4-10(5-9)18(21)22/h2-7H,1H3,(H,19,20). The fourth-order valence-corrected chi connectivity index (χ4v) is 2.18. The summed E-state index contributed by atoms with van der Waals surface area (Å²) in [5.74, 6) is -1.08. The van der Waals surface area contributed by atoms with Crippen molar-refractivity contribution in [3.05, 3.63) is 57.9 Å². The highest BCUT2D eigenvalue weighted by Crippen LogP contribution is 2.24. The topological polar surface area (TPSA) is 111 Å². The number of nitrogens with zero attached hydrogens (tertiary/aromatic N) is 4. The van der Waals surface area contributed by atoms with Crippen LogP contribution in [0.2, 0.25) is 0 Å². The summed E-state index contributed by atoms with van der Waals surface area (Å²) < 4.78 is 1.41. The molecule has 0 radical (unpaired) electrons. The molecule has 1 aromatic carbocycles. The molecule has 8 heteroatoms. The lowest BCUT2D eigenvalue weighted by Crippen LogP contribution is -2.06. The Bertz CT molecular complexity index is 916. The Kier molecular flexibility index (Phi) is 3.06. The Morgan fingerprint density at radius 2 is 2.14 bits per heavy atom. The first kappa shape index (κ1) is 13.7. The minimum absolute atomic E-state index is 0.0366. The maximum absolute atomic E-state index is 11.1. The van der Waals surface area contributed by atoms with E-state index in [2.05, 4.69) is 10.1 Å². The Morgan fingerprint density at radius 1 is 1.36 bits per heavy atom. The zero-order chi connectivity index (χ0) is 15.9. The molecule has 0 aliphatic heterocycles. The lowest BCUT2D eigenvalue weighted by atomic mass is 10.1. The zero-order valence-corrected chi connectivity index (χ0v) is 11.4. The summed E-state index contributed by atoms with van der Waals surface area (Å²) in [6, 6.07) is 7.72. The highest BCUT2D eigenvalue weighted by Gasteiger charge is 2.15. The smallest absolute Gasteiger partial charge is 0.339 e. The van der Waals surface area contributed by atoms with Crippen molar-refractivity contribution in [3.63, 3.8) is 0 Å². The predicted octanol–water partition coefficient (Wildman–Crippen LogP) is 2.31. The van der Waals surface area contributed by atoms with E-state index in [1.54, 1.807) is 25.1 Å². The largest absolute Gasteiger partial charge is 0.478 e. The van der Waals surface area contributed by atoms with Crippen LogP contribution in [0.25, 0.3) is 16.9 Å². The van der Waals surface area contributed by atoms with Gasteiger partial charge in [-0.05, 0) is 6.92 Å². The minimum Gasteiger partial charge on any atom is -0.478 e. The van der Waals surface area contributed by atoms with Crippen LogP contribution in [0.5, 0.6) is 0 Å². The molecule has 3 rings (SSSR count). The second-order valence-electron chi connectivity index (χ2n) is 4.67. The van der Waals surface area contributed by atoms with Crippen molar-refractivity contribution in [1.82, 2.24) is 14.6 Å². The van der Waals surface area contributed by atoms with Crippen molar-refractivity contribution in [1.29, 1.82) is 0 Å². The number of rotatable bonds is 3. The van der Waals surface area contributed by atoms with E-state index in [0.717, 1.165) is 0 Å². The number of nitro benzene ring substituents is 1. The number of carboxylic acids is 1. The van der Waals surface area contributed by atoms with E-state index < -0.39 is 10.9 Å². The van der Waals surface area contributed by atoms with Gasteiger partial charge in [0.1, 0.15) is 0 Å². The van der Waals surface area contributed by atoms with Crippen molar-refractivity contribution in [2.75, 3.05) is 0 Å². The van der Waals surface area contributed by atoms with Gasteiger partial charge in [0.2, 0.25) is 0 Å². The lowest BCUT2D eigenvalue weighted by Gasteiger charge is -2.02. The molecule has 0 unspecified atom stereocenters. The fraction of sp³-hybridized carbons (Fsp3) is 0.0714. The summed E-state index contributed by atoms with van der Waals surface area (Å²) in [5, 5.41) is 24.2. The normalized spacial score (nSPS) is 10.8. The van der Waals surface area contributed by atoms with Crippen LogP contribution in [0, 0.1) is 17.0 Å². The van der Waals surface area contributed by atoms with E-state index >= 15 is 0 Å². The van der Waals surface area contributed by atoms with Crippen molar-refractivity contribution in [2.45, 2.75) is 6.92 Å². The van der Waals surface area contributed by atoms with Crippen molar-refractivity contribution >= 4 is 17.3 Å². The Balaban J connectivity index is 2.17. The molecule has 0 bridgehead atoms. The summed E-state index contributed by atoms with van der Waals surface area (Å²) in [6.07, 6.45) is 1.27. The van der Waals surface area contributed by atoms with E-state index in [1.165, 1.54) is 22.8 Å². The summed E-state index contributed by atoms with van der Waals surface area (Å²) >= 11 is 0. The third kappa shape index (κ3) is 2.16. The number of aromatic carboxylic acids is 1. The molecule has 1 N–H and O–H groups in total. The Labute approximate surface area is 123 Å². The van der Waals surface area contributed by atoms with Gasteiger partial charge in [-0.3, -0.25) is 10.1 Å². The molecule has 0 aliphatic carbocycles. The van der Waals surface area contributed by atoms with Gasteiger partial charge in [0.05, 0.1) is 21.9 Å². The maximum Gasteiger partial charge on any atom is 0.339 e. The number of carboxylic acid groups (broad SMARTS) is 1. The van der Waals surface area contributed by atoms with E-state index in [1.807, 2.05) is 0 Å². The number of aryl methyl sites for hydroxylation is 1. The van der Waals surface area contributed by atoms with Crippen LogP contribution in [-0.2, 0) is 0 Å². The van der Waals surface area contributed by atoms with Gasteiger partial charge in [-0.2, -0.15) is 5.10 Å². The Hall–Kier alpha value is -3.29. The second-order valence-corrected chi connectivity index (χ2v) is 4.67. The van der Waals surface area contributed by atoms with E-state index in [4.69, 9.17) is 5.11 Å². The van der Waals surface area contributed by atoms with Gasteiger partial charge in [-0.15, -0.1) is 0 Å². The third-order valence-electron chi connectivity index (χ3n) is 3.31. The first-order valence-electron chi connectivity index (χ1n) is 6.31. The first-order chi connectivity index (χ1) is 10.5.